The lowest BCUT2D eigenvalue weighted by Gasteiger charge is -2.12. The third-order valence-corrected chi connectivity index (χ3v) is 4.12. The lowest BCUT2D eigenvalue weighted by molar-refractivity contribution is 0.0597. The summed E-state index contributed by atoms with van der Waals surface area (Å²) in [6.07, 6.45) is 2.30. The van der Waals surface area contributed by atoms with Crippen molar-refractivity contribution in [3.63, 3.8) is 0 Å². The van der Waals surface area contributed by atoms with Crippen molar-refractivity contribution in [2.45, 2.75) is 13.0 Å². The van der Waals surface area contributed by atoms with Gasteiger partial charge < -0.3 is 19.5 Å². The minimum absolute atomic E-state index is 0.0707. The van der Waals surface area contributed by atoms with Crippen molar-refractivity contribution in [3.8, 4) is 28.3 Å². The van der Waals surface area contributed by atoms with Crippen molar-refractivity contribution in [3.05, 3.63) is 60.4 Å². The smallest absolute Gasteiger partial charge is 0.341 e. The molecule has 0 fully saturated rings. The lowest BCUT2D eigenvalue weighted by Crippen LogP contribution is -2.04. The Labute approximate surface area is 151 Å². The van der Waals surface area contributed by atoms with E-state index in [0.717, 1.165) is 22.5 Å². The molecule has 0 aliphatic carbocycles. The number of carbonyl (C=O) groups excluding carboxylic acids is 1. The van der Waals surface area contributed by atoms with Gasteiger partial charge in [-0.05, 0) is 24.6 Å². The molecule has 6 nitrogen and oxygen atoms in total. The SMILES string of the molecule is COC(=O)c1cc(-c2c(-c3ccccc3)ncn2CCCO)ccc1O. The number of nitrogens with zero attached hydrogens (tertiary/aromatic N) is 2. The Morgan fingerprint density at radius 3 is 2.62 bits per heavy atom. The maximum atomic E-state index is 11.9. The molecule has 0 amide bonds. The molecule has 3 rings (SSSR count). The largest absolute Gasteiger partial charge is 0.507 e. The second-order valence-corrected chi connectivity index (χ2v) is 5.80. The molecule has 0 aliphatic rings. The Morgan fingerprint density at radius 1 is 1.15 bits per heavy atom. The van der Waals surface area contributed by atoms with Crippen molar-refractivity contribution in [2.75, 3.05) is 13.7 Å². The van der Waals surface area contributed by atoms with E-state index in [0.29, 0.717) is 13.0 Å². The van der Waals surface area contributed by atoms with Crippen LogP contribution in [0.2, 0.25) is 0 Å². The van der Waals surface area contributed by atoms with Crippen LogP contribution in [-0.2, 0) is 11.3 Å². The van der Waals surface area contributed by atoms with Gasteiger partial charge in [-0.1, -0.05) is 30.3 Å². The first-order valence-corrected chi connectivity index (χ1v) is 8.28. The number of hydrogen-bond acceptors (Lipinski definition) is 5. The normalized spacial score (nSPS) is 10.7. The zero-order chi connectivity index (χ0) is 18.5. The van der Waals surface area contributed by atoms with Crippen LogP contribution in [0.1, 0.15) is 16.8 Å². The van der Waals surface area contributed by atoms with Gasteiger partial charge in [-0.25, -0.2) is 9.78 Å². The molecule has 0 atom stereocenters. The van der Waals surface area contributed by atoms with Crippen LogP contribution in [0.25, 0.3) is 22.5 Å². The van der Waals surface area contributed by atoms with Crippen molar-refractivity contribution < 1.29 is 19.7 Å². The van der Waals surface area contributed by atoms with Gasteiger partial charge in [0.05, 0.1) is 24.8 Å². The fourth-order valence-corrected chi connectivity index (χ4v) is 2.86. The van der Waals surface area contributed by atoms with Gasteiger partial charge in [0, 0.05) is 24.3 Å². The van der Waals surface area contributed by atoms with Gasteiger partial charge in [0.1, 0.15) is 11.3 Å². The van der Waals surface area contributed by atoms with Gasteiger partial charge in [0.2, 0.25) is 0 Å². The Balaban J connectivity index is 2.16. The van der Waals surface area contributed by atoms with Crippen LogP contribution in [0.4, 0.5) is 0 Å². The molecule has 2 N–H and O–H groups in total. The average Bonchev–Trinajstić information content (AvgIpc) is 3.10. The highest BCUT2D eigenvalue weighted by Gasteiger charge is 2.18. The molecule has 0 radical (unpaired) electrons. The van der Waals surface area contributed by atoms with Gasteiger partial charge in [0.15, 0.2) is 0 Å². The zero-order valence-corrected chi connectivity index (χ0v) is 14.4. The molecular weight excluding hydrogens is 332 g/mol. The predicted octanol–water partition coefficient (Wildman–Crippen LogP) is 3.09. The second kappa shape index (κ2) is 7.84. The highest BCUT2D eigenvalue weighted by Crippen LogP contribution is 2.33. The maximum absolute atomic E-state index is 11.9. The van der Waals surface area contributed by atoms with Crippen LogP contribution in [-0.4, -0.2) is 39.5 Å². The van der Waals surface area contributed by atoms with E-state index >= 15 is 0 Å². The van der Waals surface area contributed by atoms with Gasteiger partial charge in [-0.3, -0.25) is 0 Å². The van der Waals surface area contributed by atoms with Gasteiger partial charge >= 0.3 is 5.97 Å². The quantitative estimate of drug-likeness (QED) is 0.666. The Morgan fingerprint density at radius 2 is 1.92 bits per heavy atom. The number of benzene rings is 2. The van der Waals surface area contributed by atoms with Crippen LogP contribution in [0, 0.1) is 0 Å². The number of methoxy groups -OCH3 is 1. The highest BCUT2D eigenvalue weighted by atomic mass is 16.5. The van der Waals surface area contributed by atoms with E-state index < -0.39 is 5.97 Å². The second-order valence-electron chi connectivity index (χ2n) is 5.80. The summed E-state index contributed by atoms with van der Waals surface area (Å²) < 4.78 is 6.68. The predicted molar refractivity (Wildman–Crippen MR) is 97.8 cm³/mol. The topological polar surface area (TPSA) is 84.6 Å². The summed E-state index contributed by atoms with van der Waals surface area (Å²) in [5, 5.41) is 19.1. The number of carbonyl (C=O) groups is 1. The Kier molecular flexibility index (Phi) is 5.34. The molecule has 26 heavy (non-hydrogen) atoms. The van der Waals surface area contributed by atoms with E-state index in [1.54, 1.807) is 18.5 Å². The molecule has 0 saturated carbocycles. The molecule has 0 bridgehead atoms. The number of aliphatic hydroxyl groups excluding tert-OH is 1. The van der Waals surface area contributed by atoms with Gasteiger partial charge in [-0.2, -0.15) is 0 Å². The van der Waals surface area contributed by atoms with Crippen molar-refractivity contribution in [1.82, 2.24) is 9.55 Å². The van der Waals surface area contributed by atoms with Crippen LogP contribution < -0.4 is 0 Å². The third kappa shape index (κ3) is 3.45. The van der Waals surface area contributed by atoms with Crippen LogP contribution in [0.5, 0.6) is 5.75 Å². The summed E-state index contributed by atoms with van der Waals surface area (Å²) in [5.41, 5.74) is 3.36. The molecule has 2 aromatic carbocycles. The first-order chi connectivity index (χ1) is 12.7. The number of aryl methyl sites for hydroxylation is 1. The van der Waals surface area contributed by atoms with Gasteiger partial charge in [0.25, 0.3) is 0 Å². The summed E-state index contributed by atoms with van der Waals surface area (Å²) in [4.78, 5) is 16.5. The van der Waals surface area contributed by atoms with Gasteiger partial charge in [-0.15, -0.1) is 0 Å². The van der Waals surface area contributed by atoms with E-state index in [1.807, 2.05) is 34.9 Å². The fraction of sp³-hybridized carbons (Fsp3) is 0.200. The number of esters is 1. The summed E-state index contributed by atoms with van der Waals surface area (Å²) in [5.74, 6) is -0.740. The minimum atomic E-state index is -0.605. The number of phenols is 1. The number of hydrogen-bond donors (Lipinski definition) is 2. The number of aliphatic hydroxyl groups is 1. The highest BCUT2D eigenvalue weighted by molar-refractivity contribution is 5.94. The van der Waals surface area contributed by atoms with Crippen LogP contribution in [0.3, 0.4) is 0 Å². The van der Waals surface area contributed by atoms with Crippen molar-refractivity contribution in [2.24, 2.45) is 0 Å². The van der Waals surface area contributed by atoms with Crippen LogP contribution in [0.15, 0.2) is 54.9 Å². The maximum Gasteiger partial charge on any atom is 0.341 e. The molecule has 1 heterocycles. The van der Waals surface area contributed by atoms with E-state index in [9.17, 15) is 15.0 Å². The molecule has 134 valence electrons. The number of aromatic hydroxyl groups is 1. The molecule has 0 spiro atoms. The molecular formula is C20H20N2O4. The Hall–Kier alpha value is -3.12. The molecule has 0 saturated heterocycles. The lowest BCUT2D eigenvalue weighted by atomic mass is 10.0. The summed E-state index contributed by atoms with van der Waals surface area (Å²) in [6.45, 7) is 0.654. The summed E-state index contributed by atoms with van der Waals surface area (Å²) >= 11 is 0. The monoisotopic (exact) mass is 352 g/mol. The Bertz CT molecular complexity index is 903. The van der Waals surface area contributed by atoms with Crippen molar-refractivity contribution >= 4 is 5.97 Å². The first-order valence-electron chi connectivity index (χ1n) is 8.28. The number of rotatable bonds is 6. The first kappa shape index (κ1) is 17.7. The number of ether oxygens (including phenoxy) is 1. The zero-order valence-electron chi connectivity index (χ0n) is 14.4. The van der Waals surface area contributed by atoms with Crippen molar-refractivity contribution in [1.29, 1.82) is 0 Å². The van der Waals surface area contributed by atoms with E-state index in [-0.39, 0.29) is 17.9 Å². The number of phenolic OH excluding ortho intramolecular Hbond substituents is 1. The summed E-state index contributed by atoms with van der Waals surface area (Å²) in [6, 6.07) is 14.5. The molecule has 0 unspecified atom stereocenters. The average molecular weight is 352 g/mol. The van der Waals surface area contributed by atoms with Crippen LogP contribution >= 0.6 is 0 Å². The molecule has 0 aliphatic heterocycles. The molecule has 3 aromatic rings. The van der Waals surface area contributed by atoms with E-state index in [4.69, 9.17) is 4.74 Å². The number of aromatic nitrogens is 2. The fourth-order valence-electron chi connectivity index (χ4n) is 2.86. The minimum Gasteiger partial charge on any atom is -0.507 e. The summed E-state index contributed by atoms with van der Waals surface area (Å²) in [7, 11) is 1.27. The molecule has 6 heteroatoms. The standard InChI is InChI=1S/C20H20N2O4/c1-26-20(25)16-12-15(8-9-17(16)24)19-18(14-6-3-2-4-7-14)21-13-22(19)10-5-11-23/h2-4,6-9,12-13,23-24H,5,10-11H2,1H3. The van der Waals surface area contributed by atoms with E-state index in [1.165, 1.54) is 13.2 Å². The number of imidazole rings is 1. The third-order valence-electron chi connectivity index (χ3n) is 4.12. The molecule has 1 aromatic heterocycles. The van der Waals surface area contributed by atoms with E-state index in [2.05, 4.69) is 4.98 Å².